The quantitative estimate of drug-likeness (QED) is 0.877. The van der Waals surface area contributed by atoms with Crippen molar-refractivity contribution in [3.8, 4) is 5.75 Å². The minimum absolute atomic E-state index is 0.0141. The number of carbonyl (C=O) groups excluding carboxylic acids is 2. The van der Waals surface area contributed by atoms with Crippen LogP contribution in [0.3, 0.4) is 0 Å². The highest BCUT2D eigenvalue weighted by molar-refractivity contribution is 5.99. The summed E-state index contributed by atoms with van der Waals surface area (Å²) >= 11 is 0. The largest absolute Gasteiger partial charge is 0.494 e. The molecular formula is C20H24N2O3. The molecular weight excluding hydrogens is 316 g/mol. The Labute approximate surface area is 148 Å². The lowest BCUT2D eigenvalue weighted by atomic mass is 10.1. The number of nitrogens with zero attached hydrogens (tertiary/aromatic N) is 1. The lowest BCUT2D eigenvalue weighted by Crippen LogP contribution is -2.35. The van der Waals surface area contributed by atoms with Crippen LogP contribution in [0.15, 0.2) is 42.5 Å². The van der Waals surface area contributed by atoms with Crippen LogP contribution in [0.25, 0.3) is 0 Å². The normalized spacial score (nSPS) is 10.2. The van der Waals surface area contributed by atoms with Crippen LogP contribution >= 0.6 is 0 Å². The van der Waals surface area contributed by atoms with E-state index >= 15 is 0 Å². The molecule has 2 aromatic carbocycles. The Morgan fingerprint density at radius 3 is 2.20 bits per heavy atom. The van der Waals surface area contributed by atoms with Gasteiger partial charge in [0.05, 0.1) is 13.2 Å². The van der Waals surface area contributed by atoms with Crippen LogP contribution in [0, 0.1) is 13.8 Å². The second-order valence-corrected chi connectivity index (χ2v) is 5.93. The molecule has 132 valence electrons. The molecule has 2 aromatic rings. The van der Waals surface area contributed by atoms with Gasteiger partial charge in [0, 0.05) is 18.3 Å². The van der Waals surface area contributed by atoms with Crippen LogP contribution in [0.4, 0.5) is 5.69 Å². The highest BCUT2D eigenvalue weighted by Crippen LogP contribution is 2.19. The number of benzene rings is 2. The van der Waals surface area contributed by atoms with E-state index in [1.54, 1.807) is 31.3 Å². The van der Waals surface area contributed by atoms with E-state index in [4.69, 9.17) is 4.74 Å². The third kappa shape index (κ3) is 4.83. The molecule has 0 radical (unpaired) electrons. The summed E-state index contributed by atoms with van der Waals surface area (Å²) in [6.45, 7) is 6.35. The van der Waals surface area contributed by atoms with Crippen LogP contribution in [0.2, 0.25) is 0 Å². The summed E-state index contributed by atoms with van der Waals surface area (Å²) in [5.41, 5.74) is 3.31. The fourth-order valence-electron chi connectivity index (χ4n) is 2.56. The molecule has 25 heavy (non-hydrogen) atoms. The van der Waals surface area contributed by atoms with E-state index in [-0.39, 0.29) is 18.4 Å². The molecule has 5 heteroatoms. The number of hydrogen-bond acceptors (Lipinski definition) is 3. The highest BCUT2D eigenvalue weighted by Gasteiger charge is 2.16. The number of likely N-dealkylation sites (N-methyl/N-ethyl adjacent to an activating group) is 1. The number of hydrogen-bond donors (Lipinski definition) is 1. The maximum absolute atomic E-state index is 12.4. The first-order valence-electron chi connectivity index (χ1n) is 8.26. The second kappa shape index (κ2) is 8.33. The maximum atomic E-state index is 12.4. The number of nitrogens with one attached hydrogen (secondary N) is 1. The first-order chi connectivity index (χ1) is 11.9. The fourth-order valence-corrected chi connectivity index (χ4v) is 2.56. The van der Waals surface area contributed by atoms with Gasteiger partial charge in [-0.15, -0.1) is 0 Å². The molecule has 0 unspecified atom stereocenters. The summed E-state index contributed by atoms with van der Waals surface area (Å²) in [4.78, 5) is 26.1. The van der Waals surface area contributed by atoms with E-state index in [0.29, 0.717) is 12.2 Å². The molecule has 0 saturated carbocycles. The molecule has 0 atom stereocenters. The second-order valence-electron chi connectivity index (χ2n) is 5.93. The van der Waals surface area contributed by atoms with Crippen LogP contribution in [-0.2, 0) is 4.79 Å². The number of rotatable bonds is 6. The van der Waals surface area contributed by atoms with Gasteiger partial charge in [-0.1, -0.05) is 18.2 Å². The summed E-state index contributed by atoms with van der Waals surface area (Å²) < 4.78 is 5.37. The molecule has 0 bridgehead atoms. The van der Waals surface area contributed by atoms with Crippen LogP contribution in [-0.4, -0.2) is 36.9 Å². The third-order valence-electron chi connectivity index (χ3n) is 3.89. The zero-order valence-electron chi connectivity index (χ0n) is 15.1. The zero-order chi connectivity index (χ0) is 18.4. The fraction of sp³-hybridized carbons (Fsp3) is 0.300. The Balaban J connectivity index is 1.99. The molecule has 1 N–H and O–H groups in total. The van der Waals surface area contributed by atoms with Crippen LogP contribution < -0.4 is 10.1 Å². The van der Waals surface area contributed by atoms with E-state index in [1.165, 1.54) is 4.90 Å². The average molecular weight is 340 g/mol. The molecule has 2 rings (SSSR count). The molecule has 0 aromatic heterocycles. The first-order valence-corrected chi connectivity index (χ1v) is 8.26. The summed E-state index contributed by atoms with van der Waals surface area (Å²) in [6.07, 6.45) is 0. The summed E-state index contributed by atoms with van der Waals surface area (Å²) in [7, 11) is 1.61. The molecule has 0 spiro atoms. The molecule has 0 aliphatic rings. The Morgan fingerprint density at radius 2 is 1.64 bits per heavy atom. The van der Waals surface area contributed by atoms with Gasteiger partial charge in [-0.3, -0.25) is 9.59 Å². The molecule has 0 fully saturated rings. The molecule has 2 amide bonds. The maximum Gasteiger partial charge on any atom is 0.254 e. The van der Waals surface area contributed by atoms with Gasteiger partial charge in [-0.25, -0.2) is 0 Å². The van der Waals surface area contributed by atoms with Crippen LogP contribution in [0.5, 0.6) is 5.75 Å². The standard InChI is InChI=1S/C20H24N2O3/c1-5-25-17-11-9-16(10-12-17)20(24)22(4)13-18(23)21-19-14(2)7-6-8-15(19)3/h6-12H,5,13H2,1-4H3,(H,21,23). The van der Waals surface area contributed by atoms with Crippen molar-refractivity contribution in [2.75, 3.05) is 25.5 Å². The van der Waals surface area contributed by atoms with Gasteiger partial charge in [0.1, 0.15) is 5.75 Å². The lowest BCUT2D eigenvalue weighted by Gasteiger charge is -2.18. The number of anilines is 1. The van der Waals surface area contributed by atoms with Crippen molar-refractivity contribution in [1.29, 1.82) is 0 Å². The van der Waals surface area contributed by atoms with E-state index in [0.717, 1.165) is 22.6 Å². The van der Waals surface area contributed by atoms with Crippen LogP contribution in [0.1, 0.15) is 28.4 Å². The van der Waals surface area contributed by atoms with Crippen molar-refractivity contribution in [3.05, 3.63) is 59.2 Å². The highest BCUT2D eigenvalue weighted by atomic mass is 16.5. The van der Waals surface area contributed by atoms with Gasteiger partial charge in [-0.05, 0) is 56.2 Å². The van der Waals surface area contributed by atoms with E-state index in [9.17, 15) is 9.59 Å². The number of carbonyl (C=O) groups is 2. The van der Waals surface area contributed by atoms with Crippen molar-refractivity contribution in [3.63, 3.8) is 0 Å². The van der Waals surface area contributed by atoms with Gasteiger partial charge in [0.2, 0.25) is 5.91 Å². The Hall–Kier alpha value is -2.82. The van der Waals surface area contributed by atoms with Gasteiger partial charge < -0.3 is 15.0 Å². The van der Waals surface area contributed by atoms with Crippen molar-refractivity contribution in [2.24, 2.45) is 0 Å². The SMILES string of the molecule is CCOc1ccc(C(=O)N(C)CC(=O)Nc2c(C)cccc2C)cc1. The molecule has 0 aliphatic carbocycles. The van der Waals surface area contributed by atoms with Gasteiger partial charge in [-0.2, -0.15) is 0 Å². The summed E-state index contributed by atoms with van der Waals surface area (Å²) in [6, 6.07) is 12.7. The van der Waals surface area contributed by atoms with Crippen molar-refractivity contribution >= 4 is 17.5 Å². The predicted molar refractivity (Wildman–Crippen MR) is 99.1 cm³/mol. The van der Waals surface area contributed by atoms with E-state index in [2.05, 4.69) is 5.32 Å². The minimum Gasteiger partial charge on any atom is -0.494 e. The Bertz CT molecular complexity index is 734. The topological polar surface area (TPSA) is 58.6 Å². The van der Waals surface area contributed by atoms with Crippen molar-refractivity contribution in [1.82, 2.24) is 4.90 Å². The smallest absolute Gasteiger partial charge is 0.254 e. The zero-order valence-corrected chi connectivity index (χ0v) is 15.1. The number of ether oxygens (including phenoxy) is 1. The third-order valence-corrected chi connectivity index (χ3v) is 3.89. The molecule has 0 heterocycles. The minimum atomic E-state index is -0.223. The van der Waals surface area contributed by atoms with Crippen molar-refractivity contribution < 1.29 is 14.3 Å². The molecule has 0 aliphatic heterocycles. The lowest BCUT2D eigenvalue weighted by molar-refractivity contribution is -0.116. The van der Waals surface area contributed by atoms with Gasteiger partial charge in [0.25, 0.3) is 5.91 Å². The number of aryl methyl sites for hydroxylation is 2. The Morgan fingerprint density at radius 1 is 1.04 bits per heavy atom. The monoisotopic (exact) mass is 340 g/mol. The Kier molecular flexibility index (Phi) is 6.17. The predicted octanol–water partition coefficient (Wildman–Crippen LogP) is 3.41. The van der Waals surface area contributed by atoms with E-state index in [1.807, 2.05) is 39.0 Å². The number of para-hydroxylation sites is 1. The van der Waals surface area contributed by atoms with Gasteiger partial charge in [0.15, 0.2) is 0 Å². The molecule has 5 nitrogen and oxygen atoms in total. The van der Waals surface area contributed by atoms with Crippen molar-refractivity contribution in [2.45, 2.75) is 20.8 Å². The average Bonchev–Trinajstić information content (AvgIpc) is 2.58. The van der Waals surface area contributed by atoms with Gasteiger partial charge >= 0.3 is 0 Å². The van der Waals surface area contributed by atoms with E-state index < -0.39 is 0 Å². The summed E-state index contributed by atoms with van der Waals surface area (Å²) in [5.74, 6) is 0.286. The molecule has 0 saturated heterocycles. The first kappa shape index (κ1) is 18.5. The number of amides is 2. The summed E-state index contributed by atoms with van der Waals surface area (Å²) in [5, 5.41) is 2.89.